The number of hydrogen-bond donors (Lipinski definition) is 6. The first-order valence-corrected chi connectivity index (χ1v) is 12.8. The number of nitrogens with one attached hydrogen (secondary N) is 4. The van der Waals surface area contributed by atoms with Crippen molar-refractivity contribution >= 4 is 33.6 Å². The summed E-state index contributed by atoms with van der Waals surface area (Å²) in [6.45, 7) is 3.02. The number of benzene rings is 1. The lowest BCUT2D eigenvalue weighted by Crippen LogP contribution is -2.57. The number of nitrogen functional groups attached to an aromatic ring is 1. The summed E-state index contributed by atoms with van der Waals surface area (Å²) >= 11 is 0. The maximum atomic E-state index is 12.9. The van der Waals surface area contributed by atoms with Crippen LogP contribution in [0.25, 0.3) is 0 Å². The van der Waals surface area contributed by atoms with Crippen molar-refractivity contribution < 1.29 is 27.9 Å². The Balaban J connectivity index is 2.98. The van der Waals surface area contributed by atoms with Gasteiger partial charge in [-0.3, -0.25) is 19.8 Å². The van der Waals surface area contributed by atoms with Crippen LogP contribution >= 0.6 is 0 Å². The van der Waals surface area contributed by atoms with Gasteiger partial charge in [0.25, 0.3) is 0 Å². The maximum absolute atomic E-state index is 12.9. The highest BCUT2D eigenvalue weighted by atomic mass is 32.2. The Hall–Kier alpha value is -3.03. The predicted octanol–water partition coefficient (Wildman–Crippen LogP) is -0.981. The molecule has 1 aromatic rings. The van der Waals surface area contributed by atoms with Gasteiger partial charge in [0.15, 0.2) is 0 Å². The van der Waals surface area contributed by atoms with Gasteiger partial charge in [0.1, 0.15) is 17.9 Å². The normalized spacial score (nSPS) is 13.9. The molecule has 196 valence electrons. The van der Waals surface area contributed by atoms with Crippen LogP contribution in [0.15, 0.2) is 24.3 Å². The van der Waals surface area contributed by atoms with Gasteiger partial charge in [0, 0.05) is 32.6 Å². The Labute approximate surface area is 206 Å². The zero-order valence-corrected chi connectivity index (χ0v) is 21.3. The van der Waals surface area contributed by atoms with Gasteiger partial charge in [-0.1, -0.05) is 31.2 Å². The van der Waals surface area contributed by atoms with Crippen LogP contribution in [0.1, 0.15) is 44.2 Å². The van der Waals surface area contributed by atoms with E-state index in [2.05, 4.69) is 15.4 Å². The van der Waals surface area contributed by atoms with Crippen LogP contribution in [0.5, 0.6) is 0 Å². The third-order valence-electron chi connectivity index (χ3n) is 5.05. The molecule has 1 rings (SSSR count). The van der Waals surface area contributed by atoms with Crippen molar-refractivity contribution in [3.8, 4) is 0 Å². The van der Waals surface area contributed by atoms with Crippen LogP contribution in [0.4, 0.5) is 0 Å². The first kappa shape index (κ1) is 30.0. The lowest BCUT2D eigenvalue weighted by atomic mass is 10.1. The second kappa shape index (κ2) is 13.8. The lowest BCUT2D eigenvalue weighted by Gasteiger charge is -2.25. The van der Waals surface area contributed by atoms with Crippen molar-refractivity contribution in [1.29, 1.82) is 5.41 Å². The first-order chi connectivity index (χ1) is 16.3. The average molecular weight is 513 g/mol. The van der Waals surface area contributed by atoms with E-state index in [1.165, 1.54) is 11.8 Å². The Bertz CT molecular complexity index is 994. The largest absolute Gasteiger partial charge is 0.391 e. The van der Waals surface area contributed by atoms with E-state index in [1.54, 1.807) is 45.3 Å². The minimum Gasteiger partial charge on any atom is -0.391 e. The number of nitrogens with two attached hydrogens (primary N) is 1. The fraction of sp³-hybridized carbons (Fsp3) is 0.545. The molecule has 0 radical (unpaired) electrons. The summed E-state index contributed by atoms with van der Waals surface area (Å²) in [7, 11) is -0.702. The van der Waals surface area contributed by atoms with Crippen molar-refractivity contribution in [2.75, 3.05) is 19.8 Å². The number of amides is 3. The molecule has 0 bridgehead atoms. The summed E-state index contributed by atoms with van der Waals surface area (Å²) < 4.78 is 26.4. The van der Waals surface area contributed by atoms with Crippen molar-refractivity contribution in [3.05, 3.63) is 35.4 Å². The molecule has 7 N–H and O–H groups in total. The molecule has 1 unspecified atom stereocenters. The van der Waals surface area contributed by atoms with Crippen molar-refractivity contribution in [2.24, 2.45) is 5.73 Å². The summed E-state index contributed by atoms with van der Waals surface area (Å²) in [6, 6.07) is 3.98. The van der Waals surface area contributed by atoms with Gasteiger partial charge < -0.3 is 26.4 Å². The van der Waals surface area contributed by atoms with Crippen molar-refractivity contribution in [3.63, 3.8) is 0 Å². The van der Waals surface area contributed by atoms with Crippen LogP contribution in [-0.4, -0.2) is 80.0 Å². The van der Waals surface area contributed by atoms with Gasteiger partial charge in [-0.05, 0) is 25.3 Å². The predicted molar refractivity (Wildman–Crippen MR) is 132 cm³/mol. The Kier molecular flexibility index (Phi) is 11.8. The maximum Gasteiger partial charge on any atom is 0.242 e. The minimum atomic E-state index is -3.83. The van der Waals surface area contributed by atoms with Crippen molar-refractivity contribution in [2.45, 2.75) is 57.8 Å². The molecule has 0 spiro atoms. The molecule has 0 aromatic heterocycles. The smallest absolute Gasteiger partial charge is 0.242 e. The first-order valence-electron chi connectivity index (χ1n) is 11.2. The Morgan fingerprint density at radius 2 is 1.74 bits per heavy atom. The number of sulfonamides is 1. The molecule has 0 aliphatic rings. The van der Waals surface area contributed by atoms with E-state index in [-0.39, 0.29) is 36.9 Å². The van der Waals surface area contributed by atoms with Crippen LogP contribution in [0, 0.1) is 5.41 Å². The second-order valence-electron chi connectivity index (χ2n) is 8.37. The molecule has 3 atom stereocenters. The molecule has 3 amide bonds. The van der Waals surface area contributed by atoms with Crippen LogP contribution in [-0.2, 0) is 31.0 Å². The molecule has 0 fully saturated rings. The van der Waals surface area contributed by atoms with Crippen LogP contribution in [0.3, 0.4) is 0 Å². The second-order valence-corrected chi connectivity index (χ2v) is 10.2. The summed E-state index contributed by atoms with van der Waals surface area (Å²) in [5.41, 5.74) is 6.68. The molecule has 0 aliphatic heterocycles. The highest BCUT2D eigenvalue weighted by Gasteiger charge is 2.31. The number of aliphatic hydroxyl groups is 1. The van der Waals surface area contributed by atoms with E-state index in [4.69, 9.17) is 11.1 Å². The standard InChI is InChI=1S/C22H36N6O6S/c1-5-12-35(33,34)27-19(14(2)29)22(32)26-17(10-11-18(30)28(3)4)21(31)25-13-15-6-8-16(9-7-15)20(23)24/h6-9,14,17,19,27,29H,5,10-13H2,1-4H3,(H3,23,24)(H,25,31)(H,26,32)/t14?,17-,19+/m0/s1. The lowest BCUT2D eigenvalue weighted by molar-refractivity contribution is -0.133. The number of amidine groups is 1. The quantitative estimate of drug-likeness (QED) is 0.136. The SMILES string of the molecule is CCCS(=O)(=O)N[C@@H](C(=O)N[C@@H](CCC(=O)N(C)C)C(=O)NCc1ccc(C(=N)N)cc1)C(C)O. The Morgan fingerprint density at radius 3 is 2.23 bits per heavy atom. The van der Waals surface area contributed by atoms with Crippen LogP contribution < -0.4 is 21.1 Å². The number of hydrogen-bond acceptors (Lipinski definition) is 7. The van der Waals surface area contributed by atoms with E-state index < -0.39 is 40.0 Å². The molecule has 35 heavy (non-hydrogen) atoms. The van der Waals surface area contributed by atoms with Gasteiger partial charge in [0.2, 0.25) is 27.7 Å². The summed E-state index contributed by atoms with van der Waals surface area (Å²) in [5.74, 6) is -2.04. The van der Waals surface area contributed by atoms with Gasteiger partial charge in [0.05, 0.1) is 11.9 Å². The van der Waals surface area contributed by atoms with Gasteiger partial charge in [-0.2, -0.15) is 0 Å². The molecule has 0 saturated heterocycles. The highest BCUT2D eigenvalue weighted by Crippen LogP contribution is 2.07. The van der Waals surface area contributed by atoms with Gasteiger partial charge >= 0.3 is 0 Å². The summed E-state index contributed by atoms with van der Waals surface area (Å²) in [6.07, 6.45) is -1.13. The zero-order chi connectivity index (χ0) is 26.8. The number of rotatable bonds is 14. The van der Waals surface area contributed by atoms with E-state index in [0.717, 1.165) is 0 Å². The number of nitrogens with zero attached hydrogens (tertiary/aromatic N) is 1. The van der Waals surface area contributed by atoms with Gasteiger partial charge in [-0.25, -0.2) is 13.1 Å². The molecular weight excluding hydrogens is 476 g/mol. The molecule has 0 heterocycles. The third-order valence-corrected chi connectivity index (χ3v) is 6.61. The average Bonchev–Trinajstić information content (AvgIpc) is 2.78. The number of carbonyl (C=O) groups excluding carboxylic acids is 3. The molecule has 0 aliphatic carbocycles. The Morgan fingerprint density at radius 1 is 1.14 bits per heavy atom. The molecule has 0 saturated carbocycles. The zero-order valence-electron chi connectivity index (χ0n) is 20.5. The molecule has 12 nitrogen and oxygen atoms in total. The summed E-state index contributed by atoms with van der Waals surface area (Å²) in [5, 5.41) is 22.6. The molecule has 13 heteroatoms. The third kappa shape index (κ3) is 10.4. The number of aliphatic hydroxyl groups excluding tert-OH is 1. The van der Waals surface area contributed by atoms with E-state index >= 15 is 0 Å². The topological polar surface area (TPSA) is 195 Å². The van der Waals surface area contributed by atoms with E-state index in [9.17, 15) is 27.9 Å². The van der Waals surface area contributed by atoms with Crippen molar-refractivity contribution in [1.82, 2.24) is 20.3 Å². The minimum absolute atomic E-state index is 0.0356. The highest BCUT2D eigenvalue weighted by molar-refractivity contribution is 7.89. The molecular formula is C22H36N6O6S. The van der Waals surface area contributed by atoms with Gasteiger partial charge in [-0.15, -0.1) is 0 Å². The summed E-state index contributed by atoms with van der Waals surface area (Å²) in [4.78, 5) is 39.1. The van der Waals surface area contributed by atoms with E-state index in [1.807, 2.05) is 0 Å². The monoisotopic (exact) mass is 512 g/mol. The fourth-order valence-corrected chi connectivity index (χ4v) is 4.37. The van der Waals surface area contributed by atoms with E-state index in [0.29, 0.717) is 17.5 Å². The fourth-order valence-electron chi connectivity index (χ4n) is 3.03. The number of carbonyl (C=O) groups is 3. The van der Waals surface area contributed by atoms with Crippen LogP contribution in [0.2, 0.25) is 0 Å². The molecule has 1 aromatic carbocycles.